The van der Waals surface area contributed by atoms with Crippen LogP contribution < -0.4 is 4.72 Å². The molecule has 5 nitrogen and oxygen atoms in total. The summed E-state index contributed by atoms with van der Waals surface area (Å²) < 4.78 is 30.7. The van der Waals surface area contributed by atoms with Gasteiger partial charge in [-0.1, -0.05) is 34.4 Å². The van der Waals surface area contributed by atoms with Crippen molar-refractivity contribution in [2.24, 2.45) is 0 Å². The second kappa shape index (κ2) is 7.26. The fourth-order valence-electron chi connectivity index (χ4n) is 1.77. The third-order valence-corrected chi connectivity index (χ3v) is 4.84. The standard InChI is InChI=1S/C13H14Cl2N2O3S/c14-12-4-3-10(8-13(12)15)2-1-6-16-21(18,19)9-11-5-7-20-17-11/h3-5,7-8,16H,1-2,6,9H2. The molecule has 21 heavy (non-hydrogen) atoms. The molecule has 0 aliphatic carbocycles. The zero-order chi connectivity index (χ0) is 15.3. The summed E-state index contributed by atoms with van der Waals surface area (Å²) in [5.74, 6) is -0.184. The van der Waals surface area contributed by atoms with Gasteiger partial charge in [0.05, 0.1) is 15.7 Å². The monoisotopic (exact) mass is 348 g/mol. The van der Waals surface area contributed by atoms with Crippen LogP contribution >= 0.6 is 23.2 Å². The molecular weight excluding hydrogens is 335 g/mol. The predicted molar refractivity (Wildman–Crippen MR) is 81.9 cm³/mol. The Kier molecular flexibility index (Phi) is 5.64. The molecule has 0 saturated carbocycles. The van der Waals surface area contributed by atoms with Crippen LogP contribution in [0.5, 0.6) is 0 Å². The van der Waals surface area contributed by atoms with Gasteiger partial charge in [0.15, 0.2) is 0 Å². The van der Waals surface area contributed by atoms with E-state index in [1.54, 1.807) is 12.1 Å². The van der Waals surface area contributed by atoms with E-state index in [1.807, 2.05) is 6.07 Å². The first-order valence-corrected chi connectivity index (χ1v) is 8.67. The molecule has 8 heteroatoms. The Bertz CT molecular complexity index is 687. The van der Waals surface area contributed by atoms with E-state index in [-0.39, 0.29) is 5.75 Å². The van der Waals surface area contributed by atoms with Gasteiger partial charge in [-0.2, -0.15) is 0 Å². The molecule has 114 valence electrons. The average molecular weight is 349 g/mol. The Morgan fingerprint density at radius 3 is 2.67 bits per heavy atom. The summed E-state index contributed by atoms with van der Waals surface area (Å²) in [6, 6.07) is 6.91. The van der Waals surface area contributed by atoms with Gasteiger partial charge in [-0.05, 0) is 30.5 Å². The van der Waals surface area contributed by atoms with Gasteiger partial charge in [0.25, 0.3) is 0 Å². The minimum Gasteiger partial charge on any atom is -0.364 e. The first-order chi connectivity index (χ1) is 9.96. The summed E-state index contributed by atoms with van der Waals surface area (Å²) in [4.78, 5) is 0. The minimum atomic E-state index is -3.39. The number of nitrogens with one attached hydrogen (secondary N) is 1. The lowest BCUT2D eigenvalue weighted by atomic mass is 10.1. The quantitative estimate of drug-likeness (QED) is 0.780. The molecule has 0 unspecified atom stereocenters. The van der Waals surface area contributed by atoms with Crippen molar-refractivity contribution in [1.29, 1.82) is 0 Å². The average Bonchev–Trinajstić information content (AvgIpc) is 2.91. The van der Waals surface area contributed by atoms with E-state index in [0.717, 1.165) is 5.56 Å². The highest BCUT2D eigenvalue weighted by Crippen LogP contribution is 2.23. The fourth-order valence-corrected chi connectivity index (χ4v) is 3.19. The molecule has 1 N–H and O–H groups in total. The zero-order valence-corrected chi connectivity index (χ0v) is 13.4. The smallest absolute Gasteiger partial charge is 0.217 e. The van der Waals surface area contributed by atoms with Gasteiger partial charge in [0.2, 0.25) is 10.0 Å². The summed E-state index contributed by atoms with van der Waals surface area (Å²) in [5.41, 5.74) is 1.40. The van der Waals surface area contributed by atoms with Crippen LogP contribution in [0.15, 0.2) is 35.1 Å². The lowest BCUT2D eigenvalue weighted by Gasteiger charge is -2.06. The zero-order valence-electron chi connectivity index (χ0n) is 11.1. The number of benzene rings is 1. The first-order valence-electron chi connectivity index (χ1n) is 6.27. The lowest BCUT2D eigenvalue weighted by Crippen LogP contribution is -2.26. The summed E-state index contributed by atoms with van der Waals surface area (Å²) in [6.07, 6.45) is 2.72. The second-order valence-electron chi connectivity index (χ2n) is 4.50. The molecule has 0 aliphatic heterocycles. The van der Waals surface area contributed by atoms with E-state index in [2.05, 4.69) is 14.4 Å². The largest absolute Gasteiger partial charge is 0.364 e. The van der Waals surface area contributed by atoms with Gasteiger partial charge >= 0.3 is 0 Å². The number of aromatic nitrogens is 1. The van der Waals surface area contributed by atoms with Crippen molar-refractivity contribution in [2.45, 2.75) is 18.6 Å². The Morgan fingerprint density at radius 2 is 2.00 bits per heavy atom. The van der Waals surface area contributed by atoms with Crippen molar-refractivity contribution in [2.75, 3.05) is 6.54 Å². The van der Waals surface area contributed by atoms with Gasteiger partial charge in [0, 0.05) is 12.6 Å². The molecule has 1 heterocycles. The van der Waals surface area contributed by atoms with Crippen LogP contribution in [-0.2, 0) is 22.2 Å². The van der Waals surface area contributed by atoms with Crippen LogP contribution in [0.25, 0.3) is 0 Å². The van der Waals surface area contributed by atoms with Crippen LogP contribution in [0, 0.1) is 0 Å². The van der Waals surface area contributed by atoms with E-state index in [0.29, 0.717) is 35.1 Å². The van der Waals surface area contributed by atoms with Crippen molar-refractivity contribution in [3.63, 3.8) is 0 Å². The number of halogens is 2. The van der Waals surface area contributed by atoms with Crippen molar-refractivity contribution in [1.82, 2.24) is 9.88 Å². The highest BCUT2D eigenvalue weighted by molar-refractivity contribution is 7.88. The topological polar surface area (TPSA) is 72.2 Å². The molecule has 0 saturated heterocycles. The van der Waals surface area contributed by atoms with E-state index in [1.165, 1.54) is 12.3 Å². The van der Waals surface area contributed by atoms with Crippen LogP contribution in [0.1, 0.15) is 17.7 Å². The number of hydrogen-bond acceptors (Lipinski definition) is 4. The normalized spacial score (nSPS) is 11.7. The maximum Gasteiger partial charge on any atom is 0.217 e. The maximum absolute atomic E-state index is 11.8. The van der Waals surface area contributed by atoms with Gasteiger partial charge in [-0.25, -0.2) is 13.1 Å². The van der Waals surface area contributed by atoms with Gasteiger partial charge in [-0.3, -0.25) is 0 Å². The van der Waals surface area contributed by atoms with Crippen molar-refractivity contribution >= 4 is 33.2 Å². The lowest BCUT2D eigenvalue weighted by molar-refractivity contribution is 0.413. The third kappa shape index (κ3) is 5.32. The fraction of sp³-hybridized carbons (Fsp3) is 0.308. The highest BCUT2D eigenvalue weighted by Gasteiger charge is 2.12. The Balaban J connectivity index is 1.77. The number of rotatable bonds is 7. The molecule has 0 radical (unpaired) electrons. The molecule has 2 aromatic rings. The van der Waals surface area contributed by atoms with Crippen molar-refractivity contribution in [3.8, 4) is 0 Å². The third-order valence-electron chi connectivity index (χ3n) is 2.78. The molecule has 0 fully saturated rings. The molecular formula is C13H14Cl2N2O3S. The summed E-state index contributed by atoms with van der Waals surface area (Å²) >= 11 is 11.8. The Labute approximate surface area is 133 Å². The number of hydrogen-bond donors (Lipinski definition) is 1. The molecule has 1 aromatic heterocycles. The van der Waals surface area contributed by atoms with Gasteiger partial charge < -0.3 is 4.52 Å². The number of aryl methyl sites for hydroxylation is 1. The minimum absolute atomic E-state index is 0.184. The van der Waals surface area contributed by atoms with E-state index < -0.39 is 10.0 Å². The predicted octanol–water partition coefficient (Wildman–Crippen LogP) is 3.03. The highest BCUT2D eigenvalue weighted by atomic mass is 35.5. The van der Waals surface area contributed by atoms with Gasteiger partial charge in [0.1, 0.15) is 12.0 Å². The Morgan fingerprint density at radius 1 is 1.19 bits per heavy atom. The van der Waals surface area contributed by atoms with Gasteiger partial charge in [-0.15, -0.1) is 0 Å². The SMILES string of the molecule is O=S(=O)(Cc1ccon1)NCCCc1ccc(Cl)c(Cl)c1. The molecule has 0 bridgehead atoms. The summed E-state index contributed by atoms with van der Waals surface area (Å²) in [6.45, 7) is 0.348. The summed E-state index contributed by atoms with van der Waals surface area (Å²) in [7, 11) is -3.39. The maximum atomic E-state index is 11.8. The Hall–Kier alpha value is -1.08. The molecule has 0 aliphatic rings. The first kappa shape index (κ1) is 16.3. The van der Waals surface area contributed by atoms with Crippen molar-refractivity contribution in [3.05, 3.63) is 51.8 Å². The van der Waals surface area contributed by atoms with Crippen LogP contribution in [-0.4, -0.2) is 20.1 Å². The second-order valence-corrected chi connectivity index (χ2v) is 7.12. The van der Waals surface area contributed by atoms with Crippen LogP contribution in [0.4, 0.5) is 0 Å². The number of sulfonamides is 1. The van der Waals surface area contributed by atoms with E-state index >= 15 is 0 Å². The molecule has 0 spiro atoms. The summed E-state index contributed by atoms with van der Waals surface area (Å²) in [5, 5.41) is 4.58. The van der Waals surface area contributed by atoms with E-state index in [9.17, 15) is 8.42 Å². The molecule has 0 amide bonds. The number of nitrogens with zero attached hydrogens (tertiary/aromatic N) is 1. The molecule has 0 atom stereocenters. The molecule has 2 rings (SSSR count). The van der Waals surface area contributed by atoms with Crippen molar-refractivity contribution < 1.29 is 12.9 Å². The molecule has 1 aromatic carbocycles. The van der Waals surface area contributed by atoms with Crippen LogP contribution in [0.2, 0.25) is 10.0 Å². The van der Waals surface area contributed by atoms with E-state index in [4.69, 9.17) is 23.2 Å². The van der Waals surface area contributed by atoms with Crippen LogP contribution in [0.3, 0.4) is 0 Å².